The van der Waals surface area contributed by atoms with Crippen LogP contribution < -0.4 is 0 Å². The van der Waals surface area contributed by atoms with Crippen molar-refractivity contribution in [3.05, 3.63) is 41.6 Å². The van der Waals surface area contributed by atoms with Crippen LogP contribution in [0.2, 0.25) is 19.6 Å². The van der Waals surface area contributed by atoms with Crippen LogP contribution in [0.5, 0.6) is 0 Å². The Bertz CT molecular complexity index is 619. The van der Waals surface area contributed by atoms with Crippen molar-refractivity contribution in [1.82, 2.24) is 5.06 Å². The molecular formula is C17H23NO4Si. The van der Waals surface area contributed by atoms with Gasteiger partial charge >= 0.3 is 0 Å². The average Bonchev–Trinajstić information content (AvgIpc) is 2.48. The van der Waals surface area contributed by atoms with E-state index in [1.165, 1.54) is 5.06 Å². The fourth-order valence-electron chi connectivity index (χ4n) is 2.65. The van der Waals surface area contributed by atoms with E-state index in [1.54, 1.807) is 6.92 Å². The molecule has 1 aliphatic rings. The highest BCUT2D eigenvalue weighted by Gasteiger charge is 2.48. The van der Waals surface area contributed by atoms with Gasteiger partial charge in [0.15, 0.2) is 31.3 Å². The van der Waals surface area contributed by atoms with E-state index in [-0.39, 0.29) is 17.9 Å². The van der Waals surface area contributed by atoms with E-state index in [2.05, 4.69) is 0 Å². The molecule has 0 N–H and O–H groups in total. The molecule has 1 atom stereocenters. The third kappa shape index (κ3) is 4.18. The van der Waals surface area contributed by atoms with Crippen molar-refractivity contribution in [2.45, 2.75) is 45.2 Å². The Hall–Kier alpha value is -1.72. The van der Waals surface area contributed by atoms with E-state index in [4.69, 9.17) is 9.26 Å². The van der Waals surface area contributed by atoms with Gasteiger partial charge in [-0.15, -0.1) is 0 Å². The molecule has 0 amide bonds. The second-order valence-corrected chi connectivity index (χ2v) is 11.2. The summed E-state index contributed by atoms with van der Waals surface area (Å²) in [6.07, 6.45) is 0.279. The molecule has 0 spiro atoms. The molecule has 1 aromatic carbocycles. The quantitative estimate of drug-likeness (QED) is 0.612. The van der Waals surface area contributed by atoms with Gasteiger partial charge in [0.2, 0.25) is 0 Å². The first-order chi connectivity index (χ1) is 10.8. The van der Waals surface area contributed by atoms with Gasteiger partial charge in [-0.2, -0.15) is 0 Å². The number of carbonyl (C=O) groups excluding carboxylic acids is 2. The van der Waals surface area contributed by atoms with E-state index in [0.29, 0.717) is 13.2 Å². The largest absolute Gasteiger partial charge is 0.400 e. The monoisotopic (exact) mass is 333 g/mol. The second kappa shape index (κ2) is 6.80. The van der Waals surface area contributed by atoms with Crippen LogP contribution in [0.25, 0.3) is 0 Å². The lowest BCUT2D eigenvalue weighted by molar-refractivity contribution is -0.180. The third-order valence-electron chi connectivity index (χ3n) is 3.61. The zero-order valence-electron chi connectivity index (χ0n) is 14.1. The molecule has 1 unspecified atom stereocenters. The average molecular weight is 333 g/mol. The van der Waals surface area contributed by atoms with E-state index in [0.717, 1.165) is 5.56 Å². The molecular weight excluding hydrogens is 310 g/mol. The Morgan fingerprint density at radius 3 is 2.48 bits per heavy atom. The number of Topliss-reactive ketones (excluding diaryl/α,β-unsaturated/α-hetero) is 1. The number of rotatable bonds is 5. The van der Waals surface area contributed by atoms with Crippen molar-refractivity contribution >= 4 is 20.0 Å². The molecule has 1 aromatic rings. The van der Waals surface area contributed by atoms with Crippen molar-refractivity contribution in [2.24, 2.45) is 0 Å². The van der Waals surface area contributed by atoms with Gasteiger partial charge < -0.3 is 4.43 Å². The van der Waals surface area contributed by atoms with Crippen LogP contribution in [0.15, 0.2) is 36.0 Å². The van der Waals surface area contributed by atoms with Crippen LogP contribution in [0, 0.1) is 0 Å². The summed E-state index contributed by atoms with van der Waals surface area (Å²) in [5.74, 6) is 1.78. The van der Waals surface area contributed by atoms with Crippen LogP contribution in [-0.2, 0) is 25.5 Å². The highest BCUT2D eigenvalue weighted by molar-refractivity contribution is 6.70. The number of nitrogens with zero attached hydrogens (tertiary/aromatic N) is 1. The number of benzene rings is 1. The number of hydrogen-bond donors (Lipinski definition) is 0. The summed E-state index contributed by atoms with van der Waals surface area (Å²) in [6.45, 7) is 8.25. The molecule has 124 valence electrons. The predicted octanol–water partition coefficient (Wildman–Crippen LogP) is 2.72. The van der Waals surface area contributed by atoms with Gasteiger partial charge in [-0.25, -0.2) is 9.86 Å². The fraction of sp³-hybridized carbons (Fsp3) is 0.471. The minimum Gasteiger partial charge on any atom is -0.400 e. The van der Waals surface area contributed by atoms with Gasteiger partial charge in [0.05, 0.1) is 13.2 Å². The molecule has 1 fully saturated rings. The van der Waals surface area contributed by atoms with E-state index >= 15 is 0 Å². The Balaban J connectivity index is 2.18. The standard InChI is InChI=1S/C17H23NO4Si/c1-17(22-23(2,3)4)15(12-19)18(11-10-16(17)20)21-13-14-8-6-5-7-9-14/h5-9H,10-11,13H2,1-4H3. The summed E-state index contributed by atoms with van der Waals surface area (Å²) in [6, 6.07) is 9.66. The fourth-order valence-corrected chi connectivity index (χ4v) is 4.08. The summed E-state index contributed by atoms with van der Waals surface area (Å²) >= 11 is 0. The van der Waals surface area contributed by atoms with Crippen molar-refractivity contribution in [3.63, 3.8) is 0 Å². The Morgan fingerprint density at radius 2 is 1.91 bits per heavy atom. The van der Waals surface area contributed by atoms with Gasteiger partial charge in [-0.05, 0) is 32.1 Å². The molecule has 2 rings (SSSR count). The lowest BCUT2D eigenvalue weighted by Crippen LogP contribution is -2.56. The lowest BCUT2D eigenvalue weighted by atomic mass is 9.91. The Morgan fingerprint density at radius 1 is 1.26 bits per heavy atom. The third-order valence-corrected chi connectivity index (χ3v) is 4.63. The van der Waals surface area contributed by atoms with Gasteiger partial charge in [0.1, 0.15) is 0 Å². The highest BCUT2D eigenvalue weighted by Crippen LogP contribution is 2.33. The molecule has 23 heavy (non-hydrogen) atoms. The van der Waals surface area contributed by atoms with Gasteiger partial charge in [-0.1, -0.05) is 30.3 Å². The normalized spacial score (nSPS) is 22.2. The van der Waals surface area contributed by atoms with E-state index < -0.39 is 13.9 Å². The van der Waals surface area contributed by atoms with Gasteiger partial charge in [0.25, 0.3) is 0 Å². The van der Waals surface area contributed by atoms with Crippen LogP contribution in [0.3, 0.4) is 0 Å². The molecule has 5 nitrogen and oxygen atoms in total. The first-order valence-corrected chi connectivity index (χ1v) is 11.1. The predicted molar refractivity (Wildman–Crippen MR) is 89.6 cm³/mol. The van der Waals surface area contributed by atoms with Crippen LogP contribution in [0.4, 0.5) is 0 Å². The van der Waals surface area contributed by atoms with Crippen molar-refractivity contribution < 1.29 is 18.9 Å². The first-order valence-electron chi connectivity index (χ1n) is 7.70. The molecule has 1 heterocycles. The molecule has 0 aliphatic carbocycles. The van der Waals surface area contributed by atoms with Gasteiger partial charge in [0, 0.05) is 6.42 Å². The number of piperidine rings is 1. The molecule has 0 bridgehead atoms. The van der Waals surface area contributed by atoms with E-state index in [9.17, 15) is 9.59 Å². The summed E-state index contributed by atoms with van der Waals surface area (Å²) < 4.78 is 6.03. The number of carbonyl (C=O) groups is 1. The SMILES string of the molecule is CC1(O[Si](C)(C)C)C(=O)CCN(OCc2ccccc2)C1=C=O. The van der Waals surface area contributed by atoms with Crippen LogP contribution in [-0.4, -0.2) is 37.3 Å². The molecule has 0 aromatic heterocycles. The number of hydrogen-bond acceptors (Lipinski definition) is 5. The van der Waals surface area contributed by atoms with Crippen LogP contribution >= 0.6 is 0 Å². The highest BCUT2D eigenvalue weighted by atomic mass is 28.4. The maximum atomic E-state index is 12.4. The van der Waals surface area contributed by atoms with Crippen molar-refractivity contribution in [1.29, 1.82) is 0 Å². The molecule has 0 saturated carbocycles. The minimum absolute atomic E-state index is 0.0992. The summed E-state index contributed by atoms with van der Waals surface area (Å²) in [5, 5.41) is 1.46. The summed E-state index contributed by atoms with van der Waals surface area (Å²) in [4.78, 5) is 29.7. The number of ketones is 1. The molecule has 1 saturated heterocycles. The second-order valence-electron chi connectivity index (χ2n) is 6.73. The maximum absolute atomic E-state index is 12.4. The minimum atomic E-state index is -2.04. The Kier molecular flexibility index (Phi) is 5.22. The van der Waals surface area contributed by atoms with Gasteiger partial charge in [-0.3, -0.25) is 9.63 Å². The van der Waals surface area contributed by atoms with E-state index in [1.807, 2.05) is 55.9 Å². The molecule has 0 radical (unpaired) electrons. The topological polar surface area (TPSA) is 55.8 Å². The van der Waals surface area contributed by atoms with Crippen LogP contribution in [0.1, 0.15) is 18.9 Å². The van der Waals surface area contributed by atoms with Crippen molar-refractivity contribution in [3.8, 4) is 0 Å². The molecule has 1 aliphatic heterocycles. The lowest BCUT2D eigenvalue weighted by Gasteiger charge is -2.42. The molecule has 6 heteroatoms. The smallest absolute Gasteiger partial charge is 0.185 e. The maximum Gasteiger partial charge on any atom is 0.185 e. The number of hydroxylamine groups is 2. The van der Waals surface area contributed by atoms with Crippen molar-refractivity contribution in [2.75, 3.05) is 6.54 Å². The first kappa shape index (κ1) is 17.6. The summed E-state index contributed by atoms with van der Waals surface area (Å²) in [7, 11) is -2.04. The summed E-state index contributed by atoms with van der Waals surface area (Å²) in [5.41, 5.74) is -0.157. The zero-order chi connectivity index (χ0) is 17.1. The zero-order valence-corrected chi connectivity index (χ0v) is 15.1. The Labute approximate surface area is 138 Å².